The fourth-order valence-electron chi connectivity index (χ4n) is 3.62. The minimum atomic E-state index is -0.730. The largest absolute Gasteiger partial charge is 0.481 e. The Bertz CT molecular complexity index is 503. The highest BCUT2D eigenvalue weighted by Crippen LogP contribution is 2.17. The van der Waals surface area contributed by atoms with Crippen LogP contribution in [0.2, 0.25) is 0 Å². The molecule has 0 heterocycles. The Morgan fingerprint density at radius 2 is 1.45 bits per heavy atom. The summed E-state index contributed by atoms with van der Waals surface area (Å²) < 4.78 is 6.09. The molecule has 29 heavy (non-hydrogen) atoms. The van der Waals surface area contributed by atoms with Gasteiger partial charge in [0.1, 0.15) is 0 Å². The molecular weight excluding hydrogens is 364 g/mol. The van der Waals surface area contributed by atoms with Crippen LogP contribution in [0.4, 0.5) is 0 Å². The van der Waals surface area contributed by atoms with Gasteiger partial charge in [-0.15, -0.1) is 0 Å². The van der Waals surface area contributed by atoms with Gasteiger partial charge in [0.25, 0.3) is 0 Å². The molecular formula is C25H42O4. The van der Waals surface area contributed by atoms with Gasteiger partial charge in [-0.25, -0.2) is 0 Å². The highest BCUT2D eigenvalue weighted by Gasteiger charge is 2.11. The quantitative estimate of drug-likeness (QED) is 0.257. The van der Waals surface area contributed by atoms with Crippen molar-refractivity contribution in [2.45, 2.75) is 116 Å². The van der Waals surface area contributed by atoms with Crippen molar-refractivity contribution in [2.24, 2.45) is 0 Å². The summed E-state index contributed by atoms with van der Waals surface area (Å²) in [5.74, 6) is -0.730. The van der Waals surface area contributed by atoms with Crippen LogP contribution in [0.1, 0.15) is 102 Å². The standard InChI is InChI=1S/C25H42O4/c1-2-3-16-23(26)17-11-6-4-5-7-12-18-24(19-13-20-25(27)28)29-21-22-14-9-8-10-15-22/h8-10,14-15,23-24,26H,2-7,11-13,16-21H2,1H3,(H,27,28). The SMILES string of the molecule is CCCCC(O)CCCCCCCCC(CCCC(=O)O)OCc1ccccc1. The molecule has 2 atom stereocenters. The van der Waals surface area contributed by atoms with Crippen LogP contribution in [-0.2, 0) is 16.1 Å². The van der Waals surface area contributed by atoms with Crippen molar-refractivity contribution < 1.29 is 19.7 Å². The van der Waals surface area contributed by atoms with E-state index in [0.717, 1.165) is 56.9 Å². The third-order valence-electron chi connectivity index (χ3n) is 5.45. The van der Waals surface area contributed by atoms with Gasteiger partial charge in [0.15, 0.2) is 0 Å². The fraction of sp³-hybridized carbons (Fsp3) is 0.720. The highest BCUT2D eigenvalue weighted by molar-refractivity contribution is 5.66. The second-order valence-corrected chi connectivity index (χ2v) is 8.20. The molecule has 0 saturated heterocycles. The molecule has 0 aromatic heterocycles. The molecule has 1 aromatic rings. The van der Waals surface area contributed by atoms with E-state index in [2.05, 4.69) is 19.1 Å². The summed E-state index contributed by atoms with van der Waals surface area (Å²) in [7, 11) is 0. The van der Waals surface area contributed by atoms with Crippen LogP contribution in [0.15, 0.2) is 30.3 Å². The van der Waals surface area contributed by atoms with Crippen molar-refractivity contribution in [3.05, 3.63) is 35.9 Å². The van der Waals surface area contributed by atoms with Crippen molar-refractivity contribution >= 4 is 5.97 Å². The molecule has 1 rings (SSSR count). The zero-order valence-electron chi connectivity index (χ0n) is 18.4. The number of unbranched alkanes of at least 4 members (excludes halogenated alkanes) is 6. The van der Waals surface area contributed by atoms with Gasteiger partial charge in [-0.1, -0.05) is 88.6 Å². The second kappa shape index (κ2) is 17.5. The van der Waals surface area contributed by atoms with E-state index in [1.165, 1.54) is 25.7 Å². The van der Waals surface area contributed by atoms with Crippen molar-refractivity contribution in [3.8, 4) is 0 Å². The predicted octanol–water partition coefficient (Wildman–Crippen LogP) is 6.50. The lowest BCUT2D eigenvalue weighted by atomic mass is 10.0. The highest BCUT2D eigenvalue weighted by atomic mass is 16.5. The zero-order valence-corrected chi connectivity index (χ0v) is 18.4. The van der Waals surface area contributed by atoms with E-state index < -0.39 is 5.97 Å². The summed E-state index contributed by atoms with van der Waals surface area (Å²) in [6.07, 6.45) is 14.0. The molecule has 2 N–H and O–H groups in total. The molecule has 0 aliphatic heterocycles. The minimum absolute atomic E-state index is 0.108. The summed E-state index contributed by atoms with van der Waals surface area (Å²) in [6.45, 7) is 2.76. The van der Waals surface area contributed by atoms with Gasteiger partial charge in [0.2, 0.25) is 0 Å². The Labute approximate surface area is 177 Å². The summed E-state index contributed by atoms with van der Waals surface area (Å²) >= 11 is 0. The van der Waals surface area contributed by atoms with E-state index in [0.29, 0.717) is 13.0 Å². The minimum Gasteiger partial charge on any atom is -0.481 e. The lowest BCUT2D eigenvalue weighted by molar-refractivity contribution is -0.137. The maximum absolute atomic E-state index is 10.8. The van der Waals surface area contributed by atoms with E-state index in [1.807, 2.05) is 18.2 Å². The molecule has 0 saturated carbocycles. The maximum Gasteiger partial charge on any atom is 0.303 e. The number of aliphatic hydroxyl groups is 1. The summed E-state index contributed by atoms with van der Waals surface area (Å²) in [6, 6.07) is 10.2. The molecule has 4 nitrogen and oxygen atoms in total. The number of hydrogen-bond acceptors (Lipinski definition) is 3. The van der Waals surface area contributed by atoms with E-state index in [1.54, 1.807) is 0 Å². The third kappa shape index (κ3) is 15.2. The molecule has 0 bridgehead atoms. The van der Waals surface area contributed by atoms with Crippen LogP contribution in [0.3, 0.4) is 0 Å². The van der Waals surface area contributed by atoms with Crippen LogP contribution in [0.25, 0.3) is 0 Å². The Hall–Kier alpha value is -1.39. The average Bonchev–Trinajstić information content (AvgIpc) is 2.72. The number of hydrogen-bond donors (Lipinski definition) is 2. The number of carbonyl (C=O) groups is 1. The first-order valence-electron chi connectivity index (χ1n) is 11.7. The molecule has 1 aromatic carbocycles. The number of carboxylic acids is 1. The van der Waals surface area contributed by atoms with E-state index >= 15 is 0 Å². The fourth-order valence-corrected chi connectivity index (χ4v) is 3.62. The summed E-state index contributed by atoms with van der Waals surface area (Å²) in [5.41, 5.74) is 1.16. The first-order chi connectivity index (χ1) is 14.1. The molecule has 4 heteroatoms. The lowest BCUT2D eigenvalue weighted by Crippen LogP contribution is -2.14. The predicted molar refractivity (Wildman–Crippen MR) is 119 cm³/mol. The van der Waals surface area contributed by atoms with Crippen LogP contribution < -0.4 is 0 Å². The number of ether oxygens (including phenoxy) is 1. The average molecular weight is 407 g/mol. The van der Waals surface area contributed by atoms with Crippen molar-refractivity contribution in [1.29, 1.82) is 0 Å². The number of carboxylic acid groups (broad SMARTS) is 1. The first-order valence-corrected chi connectivity index (χ1v) is 11.7. The van der Waals surface area contributed by atoms with Gasteiger partial charge < -0.3 is 14.9 Å². The Morgan fingerprint density at radius 3 is 2.10 bits per heavy atom. The van der Waals surface area contributed by atoms with Crippen LogP contribution in [0.5, 0.6) is 0 Å². The molecule has 0 radical (unpaired) electrons. The Kier molecular flexibility index (Phi) is 15.4. The topological polar surface area (TPSA) is 66.8 Å². The second-order valence-electron chi connectivity index (χ2n) is 8.20. The summed E-state index contributed by atoms with van der Waals surface area (Å²) in [5, 5.41) is 18.7. The summed E-state index contributed by atoms with van der Waals surface area (Å²) in [4.78, 5) is 10.8. The number of benzene rings is 1. The van der Waals surface area contributed by atoms with Crippen LogP contribution in [0, 0.1) is 0 Å². The van der Waals surface area contributed by atoms with Crippen LogP contribution >= 0.6 is 0 Å². The Morgan fingerprint density at radius 1 is 0.862 bits per heavy atom. The molecule has 166 valence electrons. The van der Waals surface area contributed by atoms with Gasteiger partial charge >= 0.3 is 5.97 Å². The maximum atomic E-state index is 10.8. The molecule has 0 aliphatic rings. The van der Waals surface area contributed by atoms with Gasteiger partial charge in [0.05, 0.1) is 18.8 Å². The smallest absolute Gasteiger partial charge is 0.303 e. The Balaban J connectivity index is 2.14. The molecule has 0 amide bonds. The van der Waals surface area contributed by atoms with Gasteiger partial charge in [-0.2, -0.15) is 0 Å². The number of aliphatic hydroxyl groups excluding tert-OH is 1. The normalized spacial score (nSPS) is 13.3. The van der Waals surface area contributed by atoms with Crippen molar-refractivity contribution in [1.82, 2.24) is 0 Å². The number of rotatable bonds is 19. The van der Waals surface area contributed by atoms with Gasteiger partial charge in [0, 0.05) is 6.42 Å². The monoisotopic (exact) mass is 406 g/mol. The molecule has 0 spiro atoms. The van der Waals surface area contributed by atoms with E-state index in [-0.39, 0.29) is 18.6 Å². The lowest BCUT2D eigenvalue weighted by Gasteiger charge is -2.18. The third-order valence-corrected chi connectivity index (χ3v) is 5.45. The molecule has 2 unspecified atom stereocenters. The van der Waals surface area contributed by atoms with Gasteiger partial charge in [-0.3, -0.25) is 4.79 Å². The molecule has 0 fully saturated rings. The first kappa shape index (κ1) is 25.6. The van der Waals surface area contributed by atoms with Gasteiger partial charge in [-0.05, 0) is 37.7 Å². The zero-order chi connectivity index (χ0) is 21.2. The van der Waals surface area contributed by atoms with Crippen LogP contribution in [-0.4, -0.2) is 28.4 Å². The van der Waals surface area contributed by atoms with Crippen molar-refractivity contribution in [2.75, 3.05) is 0 Å². The molecule has 0 aliphatic carbocycles. The van der Waals surface area contributed by atoms with E-state index in [4.69, 9.17) is 9.84 Å². The van der Waals surface area contributed by atoms with E-state index in [9.17, 15) is 9.90 Å². The van der Waals surface area contributed by atoms with Crippen molar-refractivity contribution in [3.63, 3.8) is 0 Å². The number of aliphatic carboxylic acids is 1.